The van der Waals surface area contributed by atoms with Crippen LogP contribution in [0, 0.1) is 0 Å². The van der Waals surface area contributed by atoms with Gasteiger partial charge in [0, 0.05) is 17.2 Å². The van der Waals surface area contributed by atoms with Crippen LogP contribution < -0.4 is 5.32 Å². The molecule has 0 radical (unpaired) electrons. The van der Waals surface area contributed by atoms with Gasteiger partial charge in [-0.2, -0.15) is 5.10 Å². The number of benzene rings is 1. The van der Waals surface area contributed by atoms with E-state index in [2.05, 4.69) is 10.4 Å². The molecule has 1 aromatic heterocycles. The summed E-state index contributed by atoms with van der Waals surface area (Å²) in [5, 5.41) is 9.27. The zero-order chi connectivity index (χ0) is 15.4. The second kappa shape index (κ2) is 7.47. The summed E-state index contributed by atoms with van der Waals surface area (Å²) in [7, 11) is 3.50. The summed E-state index contributed by atoms with van der Waals surface area (Å²) in [6.45, 7) is 1.17. The van der Waals surface area contributed by atoms with Gasteiger partial charge in [-0.1, -0.05) is 34.8 Å². The highest BCUT2D eigenvalue weighted by atomic mass is 35.5. The Balaban J connectivity index is 2.43. The minimum atomic E-state index is -0.159. The van der Waals surface area contributed by atoms with Crippen LogP contribution in [0.4, 0.5) is 0 Å². The number of ether oxygens (including phenoxy) is 1. The van der Waals surface area contributed by atoms with Gasteiger partial charge < -0.3 is 10.1 Å². The maximum Gasteiger partial charge on any atom is 0.0837 e. The number of nitrogens with one attached hydrogen (secondary N) is 1. The van der Waals surface area contributed by atoms with Gasteiger partial charge in [0.2, 0.25) is 0 Å². The summed E-state index contributed by atoms with van der Waals surface area (Å²) >= 11 is 18.5. The van der Waals surface area contributed by atoms with E-state index >= 15 is 0 Å². The van der Waals surface area contributed by atoms with E-state index in [1.165, 1.54) is 0 Å². The molecule has 4 nitrogen and oxygen atoms in total. The van der Waals surface area contributed by atoms with E-state index in [-0.39, 0.29) is 6.04 Å². The first-order valence-corrected chi connectivity index (χ1v) is 7.53. The first-order chi connectivity index (χ1) is 10.1. The molecule has 1 atom stereocenters. The van der Waals surface area contributed by atoms with Gasteiger partial charge in [-0.3, -0.25) is 4.68 Å². The highest BCUT2D eigenvalue weighted by molar-refractivity contribution is 6.34. The van der Waals surface area contributed by atoms with E-state index in [1.807, 2.05) is 23.9 Å². The third-order valence-electron chi connectivity index (χ3n) is 3.12. The Kier molecular flexibility index (Phi) is 5.90. The Labute approximate surface area is 138 Å². The van der Waals surface area contributed by atoms with Crippen molar-refractivity contribution in [1.82, 2.24) is 15.1 Å². The van der Waals surface area contributed by atoms with Crippen LogP contribution in [0.3, 0.4) is 0 Å². The van der Waals surface area contributed by atoms with Crippen LogP contribution in [-0.4, -0.2) is 30.5 Å². The average molecular weight is 349 g/mol. The van der Waals surface area contributed by atoms with E-state index in [0.29, 0.717) is 28.2 Å². The predicted molar refractivity (Wildman–Crippen MR) is 86.5 cm³/mol. The van der Waals surface area contributed by atoms with E-state index in [9.17, 15) is 0 Å². The highest BCUT2D eigenvalue weighted by Gasteiger charge is 2.21. The Morgan fingerprint density at radius 2 is 1.90 bits per heavy atom. The third-order valence-corrected chi connectivity index (χ3v) is 3.85. The molecule has 0 spiro atoms. The Bertz CT molecular complexity index is 595. The van der Waals surface area contributed by atoms with Crippen molar-refractivity contribution in [3.05, 3.63) is 50.7 Å². The van der Waals surface area contributed by atoms with Crippen molar-refractivity contribution < 1.29 is 4.74 Å². The summed E-state index contributed by atoms with van der Waals surface area (Å²) in [6.07, 6.45) is 1.63. The molecule has 0 aliphatic rings. The predicted octanol–water partition coefficient (Wildman–Crippen LogP) is 3.80. The molecule has 21 heavy (non-hydrogen) atoms. The summed E-state index contributed by atoms with van der Waals surface area (Å²) in [5.74, 6) is 0. The van der Waals surface area contributed by atoms with Gasteiger partial charge in [0.1, 0.15) is 0 Å². The van der Waals surface area contributed by atoms with Crippen LogP contribution in [0.2, 0.25) is 15.1 Å². The molecule has 1 aromatic carbocycles. The molecular formula is C14H16Cl3N3O. The molecule has 7 heteroatoms. The molecule has 0 aliphatic heterocycles. The molecule has 1 heterocycles. The molecule has 1 N–H and O–H groups in total. The third kappa shape index (κ3) is 3.90. The van der Waals surface area contributed by atoms with Crippen molar-refractivity contribution in [1.29, 1.82) is 0 Å². The average Bonchev–Trinajstić information content (AvgIpc) is 2.78. The lowest BCUT2D eigenvalue weighted by Crippen LogP contribution is -2.23. The molecule has 0 amide bonds. The van der Waals surface area contributed by atoms with Gasteiger partial charge >= 0.3 is 0 Å². The van der Waals surface area contributed by atoms with Gasteiger partial charge in [-0.15, -0.1) is 0 Å². The number of hydrogen-bond donors (Lipinski definition) is 1. The second-order valence-electron chi connectivity index (χ2n) is 4.52. The minimum absolute atomic E-state index is 0.159. The molecule has 0 saturated carbocycles. The number of rotatable bonds is 6. The molecule has 0 bridgehead atoms. The fourth-order valence-corrected chi connectivity index (χ4v) is 3.01. The number of hydrogen-bond acceptors (Lipinski definition) is 3. The second-order valence-corrected chi connectivity index (χ2v) is 5.80. The van der Waals surface area contributed by atoms with Crippen LogP contribution >= 0.6 is 34.8 Å². The molecule has 2 aromatic rings. The van der Waals surface area contributed by atoms with E-state index in [4.69, 9.17) is 39.5 Å². The topological polar surface area (TPSA) is 39.1 Å². The normalized spacial score (nSPS) is 12.6. The number of methoxy groups -OCH3 is 1. The number of halogens is 3. The summed E-state index contributed by atoms with van der Waals surface area (Å²) < 4.78 is 6.92. The van der Waals surface area contributed by atoms with Gasteiger partial charge in [0.25, 0.3) is 0 Å². The van der Waals surface area contributed by atoms with Crippen molar-refractivity contribution >= 4 is 34.8 Å². The van der Waals surface area contributed by atoms with Crippen molar-refractivity contribution in [2.24, 2.45) is 0 Å². The molecular weight excluding hydrogens is 333 g/mol. The van der Waals surface area contributed by atoms with Crippen LogP contribution in [0.5, 0.6) is 0 Å². The van der Waals surface area contributed by atoms with Crippen molar-refractivity contribution in [2.75, 3.05) is 20.8 Å². The number of aromatic nitrogens is 2. The minimum Gasteiger partial charge on any atom is -0.383 e. The van der Waals surface area contributed by atoms with Crippen molar-refractivity contribution in [3.8, 4) is 0 Å². The van der Waals surface area contributed by atoms with E-state index in [1.54, 1.807) is 19.4 Å². The largest absolute Gasteiger partial charge is 0.383 e. The lowest BCUT2D eigenvalue weighted by Gasteiger charge is -2.19. The zero-order valence-electron chi connectivity index (χ0n) is 11.7. The Hall–Kier alpha value is -0.780. The summed E-state index contributed by atoms with van der Waals surface area (Å²) in [4.78, 5) is 0. The maximum atomic E-state index is 6.30. The first-order valence-electron chi connectivity index (χ1n) is 6.40. The fourth-order valence-electron chi connectivity index (χ4n) is 2.22. The zero-order valence-corrected chi connectivity index (χ0v) is 14.0. The molecule has 1 unspecified atom stereocenters. The number of nitrogens with zero attached hydrogens (tertiary/aromatic N) is 2. The molecule has 0 saturated heterocycles. The Morgan fingerprint density at radius 1 is 1.24 bits per heavy atom. The van der Waals surface area contributed by atoms with E-state index < -0.39 is 0 Å². The standard InChI is InChI=1S/C14H16Cl3N3O/c1-18-13(9-5-10(15)7-11(16)6-9)14-12(17)8-19-20(14)3-4-21-2/h5-8,13,18H,3-4H2,1-2H3. The lowest BCUT2D eigenvalue weighted by molar-refractivity contribution is 0.182. The van der Waals surface area contributed by atoms with Gasteiger partial charge in [-0.05, 0) is 30.8 Å². The van der Waals surface area contributed by atoms with Crippen molar-refractivity contribution in [3.63, 3.8) is 0 Å². The van der Waals surface area contributed by atoms with Gasteiger partial charge in [-0.25, -0.2) is 0 Å². The quantitative estimate of drug-likeness (QED) is 0.863. The van der Waals surface area contributed by atoms with Gasteiger partial charge in [0.05, 0.1) is 36.1 Å². The van der Waals surface area contributed by atoms with Crippen LogP contribution in [0.1, 0.15) is 17.3 Å². The van der Waals surface area contributed by atoms with Crippen LogP contribution in [-0.2, 0) is 11.3 Å². The van der Waals surface area contributed by atoms with E-state index in [0.717, 1.165) is 11.3 Å². The SMILES string of the molecule is CNC(c1cc(Cl)cc(Cl)c1)c1c(Cl)cnn1CCOC. The monoisotopic (exact) mass is 347 g/mol. The summed E-state index contributed by atoms with van der Waals surface area (Å²) in [5.41, 5.74) is 1.78. The first kappa shape index (κ1) is 16.6. The fraction of sp³-hybridized carbons (Fsp3) is 0.357. The molecule has 0 fully saturated rings. The lowest BCUT2D eigenvalue weighted by atomic mass is 10.0. The molecule has 2 rings (SSSR count). The highest BCUT2D eigenvalue weighted by Crippen LogP contribution is 2.31. The maximum absolute atomic E-state index is 6.30. The van der Waals surface area contributed by atoms with Crippen LogP contribution in [0.25, 0.3) is 0 Å². The Morgan fingerprint density at radius 3 is 2.48 bits per heavy atom. The molecule has 0 aliphatic carbocycles. The van der Waals surface area contributed by atoms with Crippen molar-refractivity contribution in [2.45, 2.75) is 12.6 Å². The summed E-state index contributed by atoms with van der Waals surface area (Å²) in [6, 6.07) is 5.26. The smallest absolute Gasteiger partial charge is 0.0837 e. The van der Waals surface area contributed by atoms with Gasteiger partial charge in [0.15, 0.2) is 0 Å². The molecule has 114 valence electrons. The van der Waals surface area contributed by atoms with Crippen LogP contribution in [0.15, 0.2) is 24.4 Å².